The van der Waals surface area contributed by atoms with E-state index in [1.165, 1.54) is 30.5 Å². The van der Waals surface area contributed by atoms with Crippen molar-refractivity contribution >= 4 is 0 Å². The summed E-state index contributed by atoms with van der Waals surface area (Å²) in [6, 6.07) is 4.66. The third-order valence-electron chi connectivity index (χ3n) is 3.57. The van der Waals surface area contributed by atoms with Gasteiger partial charge >= 0.3 is 0 Å². The molecule has 1 fully saturated rings. The van der Waals surface area contributed by atoms with E-state index in [0.717, 1.165) is 19.6 Å². The van der Waals surface area contributed by atoms with E-state index < -0.39 is 0 Å². The molecule has 1 aromatic rings. The zero-order valence-corrected chi connectivity index (χ0v) is 9.48. The minimum absolute atomic E-state index is 0.424. The van der Waals surface area contributed by atoms with E-state index in [0.29, 0.717) is 12.1 Å². The van der Waals surface area contributed by atoms with Crippen molar-refractivity contribution in [3.8, 4) is 0 Å². The number of hydrogen-bond acceptors (Lipinski definition) is 3. The summed E-state index contributed by atoms with van der Waals surface area (Å²) in [7, 11) is 0. The maximum atomic E-state index is 5.62. The summed E-state index contributed by atoms with van der Waals surface area (Å²) in [4.78, 5) is 4.48. The number of rotatable bonds is 3. The average Bonchev–Trinajstić information content (AvgIpc) is 2.96. The lowest BCUT2D eigenvalue weighted by Gasteiger charge is -2.16. The van der Waals surface area contributed by atoms with Crippen molar-refractivity contribution in [3.05, 3.63) is 29.6 Å². The number of aryl methyl sites for hydroxylation is 1. The number of hydrogen-bond donors (Lipinski definition) is 1. The predicted molar refractivity (Wildman–Crippen MR) is 62.3 cm³/mol. The van der Waals surface area contributed by atoms with Gasteiger partial charge in [-0.05, 0) is 37.3 Å². The molecule has 1 N–H and O–H groups in total. The first-order chi connectivity index (χ1) is 7.93. The van der Waals surface area contributed by atoms with Crippen molar-refractivity contribution in [2.75, 3.05) is 13.2 Å². The van der Waals surface area contributed by atoms with Crippen molar-refractivity contribution in [3.63, 3.8) is 0 Å². The van der Waals surface area contributed by atoms with E-state index >= 15 is 0 Å². The summed E-state index contributed by atoms with van der Waals surface area (Å²) in [6.07, 6.45) is 7.07. The van der Waals surface area contributed by atoms with Crippen LogP contribution in [0.5, 0.6) is 0 Å². The van der Waals surface area contributed by atoms with Crippen LogP contribution >= 0.6 is 0 Å². The van der Waals surface area contributed by atoms with Crippen LogP contribution in [-0.2, 0) is 11.2 Å². The zero-order chi connectivity index (χ0) is 10.8. The molecule has 3 nitrogen and oxygen atoms in total. The van der Waals surface area contributed by atoms with Gasteiger partial charge < -0.3 is 10.1 Å². The molecule has 1 aliphatic heterocycles. The molecule has 1 saturated heterocycles. The van der Waals surface area contributed by atoms with Crippen LogP contribution in [-0.4, -0.2) is 24.2 Å². The van der Waals surface area contributed by atoms with Crippen molar-refractivity contribution < 1.29 is 4.74 Å². The monoisotopic (exact) mass is 218 g/mol. The molecule has 1 aliphatic carbocycles. The number of pyridine rings is 1. The molecule has 0 saturated carbocycles. The molecule has 0 spiro atoms. The highest BCUT2D eigenvalue weighted by molar-refractivity contribution is 5.27. The van der Waals surface area contributed by atoms with Crippen LogP contribution in [0.4, 0.5) is 0 Å². The van der Waals surface area contributed by atoms with Gasteiger partial charge in [-0.25, -0.2) is 0 Å². The molecule has 2 heterocycles. The van der Waals surface area contributed by atoms with Crippen molar-refractivity contribution in [1.29, 1.82) is 0 Å². The number of ether oxygens (including phenoxy) is 1. The first-order valence-electron chi connectivity index (χ1n) is 6.22. The van der Waals surface area contributed by atoms with Gasteiger partial charge in [0.2, 0.25) is 0 Å². The van der Waals surface area contributed by atoms with E-state index in [4.69, 9.17) is 4.74 Å². The molecule has 16 heavy (non-hydrogen) atoms. The molecule has 0 amide bonds. The molecule has 3 rings (SSSR count). The van der Waals surface area contributed by atoms with E-state index in [1.807, 2.05) is 12.3 Å². The molecule has 0 radical (unpaired) electrons. The SMILES string of the molecule is c1cnc2c(c1)CCC2NCC1CCCO1. The molecule has 0 aromatic carbocycles. The molecule has 2 atom stereocenters. The number of nitrogens with zero attached hydrogens (tertiary/aromatic N) is 1. The quantitative estimate of drug-likeness (QED) is 0.840. The Morgan fingerprint density at radius 3 is 3.31 bits per heavy atom. The Kier molecular flexibility index (Phi) is 2.89. The van der Waals surface area contributed by atoms with E-state index in [2.05, 4.69) is 16.4 Å². The third kappa shape index (κ3) is 1.97. The standard InChI is InChI=1S/C13H18N2O/c1-3-10-5-6-12(13(10)14-7-1)15-9-11-4-2-8-16-11/h1,3,7,11-12,15H,2,4-6,8-9H2. The Balaban J connectivity index is 1.60. The summed E-state index contributed by atoms with van der Waals surface area (Å²) in [5.74, 6) is 0. The highest BCUT2D eigenvalue weighted by atomic mass is 16.5. The van der Waals surface area contributed by atoms with Gasteiger partial charge in [0.25, 0.3) is 0 Å². The second-order valence-corrected chi connectivity index (χ2v) is 4.68. The topological polar surface area (TPSA) is 34.2 Å². The lowest BCUT2D eigenvalue weighted by Crippen LogP contribution is -2.29. The van der Waals surface area contributed by atoms with Gasteiger partial charge in [0.05, 0.1) is 17.8 Å². The fourth-order valence-electron chi connectivity index (χ4n) is 2.69. The molecule has 0 bridgehead atoms. The molecular weight excluding hydrogens is 200 g/mol. The minimum atomic E-state index is 0.424. The number of aromatic nitrogens is 1. The Morgan fingerprint density at radius 2 is 2.44 bits per heavy atom. The van der Waals surface area contributed by atoms with Crippen LogP contribution < -0.4 is 5.32 Å². The highest BCUT2D eigenvalue weighted by Crippen LogP contribution is 2.28. The van der Waals surface area contributed by atoms with Crippen LogP contribution in [0.15, 0.2) is 18.3 Å². The maximum absolute atomic E-state index is 5.62. The van der Waals surface area contributed by atoms with Crippen molar-refractivity contribution in [1.82, 2.24) is 10.3 Å². The van der Waals surface area contributed by atoms with Gasteiger partial charge in [0.15, 0.2) is 0 Å². The van der Waals surface area contributed by atoms with E-state index in [9.17, 15) is 0 Å². The molecule has 1 aromatic heterocycles. The third-order valence-corrected chi connectivity index (χ3v) is 3.57. The van der Waals surface area contributed by atoms with E-state index in [1.54, 1.807) is 0 Å². The summed E-state index contributed by atoms with van der Waals surface area (Å²) >= 11 is 0. The molecule has 2 aliphatic rings. The molecule has 86 valence electrons. The minimum Gasteiger partial charge on any atom is -0.377 e. The molecule has 2 unspecified atom stereocenters. The fourth-order valence-corrected chi connectivity index (χ4v) is 2.69. The van der Waals surface area contributed by atoms with Gasteiger partial charge in [-0.2, -0.15) is 0 Å². The lowest BCUT2D eigenvalue weighted by atomic mass is 10.2. The Bertz CT molecular complexity index is 361. The lowest BCUT2D eigenvalue weighted by molar-refractivity contribution is 0.107. The van der Waals surface area contributed by atoms with Crippen LogP contribution in [0.2, 0.25) is 0 Å². The number of fused-ring (bicyclic) bond motifs is 1. The second-order valence-electron chi connectivity index (χ2n) is 4.68. The van der Waals surface area contributed by atoms with E-state index in [-0.39, 0.29) is 0 Å². The summed E-state index contributed by atoms with van der Waals surface area (Å²) < 4.78 is 5.62. The van der Waals surface area contributed by atoms with Crippen LogP contribution in [0.1, 0.15) is 36.6 Å². The Labute approximate surface area is 96.2 Å². The highest BCUT2D eigenvalue weighted by Gasteiger charge is 2.24. The summed E-state index contributed by atoms with van der Waals surface area (Å²) in [6.45, 7) is 1.91. The predicted octanol–water partition coefficient (Wildman–Crippen LogP) is 1.84. The summed E-state index contributed by atoms with van der Waals surface area (Å²) in [5, 5.41) is 3.59. The molecular formula is C13H18N2O. The van der Waals surface area contributed by atoms with Crippen LogP contribution in [0.3, 0.4) is 0 Å². The first kappa shape index (κ1) is 10.2. The maximum Gasteiger partial charge on any atom is 0.0700 e. The van der Waals surface area contributed by atoms with Crippen molar-refractivity contribution in [2.45, 2.75) is 37.8 Å². The van der Waals surface area contributed by atoms with Gasteiger partial charge in [-0.1, -0.05) is 6.07 Å². The Morgan fingerprint density at radius 1 is 1.44 bits per heavy atom. The normalized spacial score (nSPS) is 28.2. The molecule has 3 heteroatoms. The fraction of sp³-hybridized carbons (Fsp3) is 0.615. The second kappa shape index (κ2) is 4.52. The average molecular weight is 218 g/mol. The van der Waals surface area contributed by atoms with Gasteiger partial charge in [0, 0.05) is 19.3 Å². The first-order valence-corrected chi connectivity index (χ1v) is 6.22. The van der Waals surface area contributed by atoms with Crippen LogP contribution in [0, 0.1) is 0 Å². The van der Waals surface area contributed by atoms with Crippen molar-refractivity contribution in [2.24, 2.45) is 0 Å². The largest absolute Gasteiger partial charge is 0.377 e. The number of nitrogens with one attached hydrogen (secondary N) is 1. The summed E-state index contributed by atoms with van der Waals surface area (Å²) in [5.41, 5.74) is 2.66. The zero-order valence-electron chi connectivity index (χ0n) is 9.48. The Hall–Kier alpha value is -0.930. The van der Waals surface area contributed by atoms with Crippen LogP contribution in [0.25, 0.3) is 0 Å². The van der Waals surface area contributed by atoms with Gasteiger partial charge in [-0.15, -0.1) is 0 Å². The smallest absolute Gasteiger partial charge is 0.0700 e. The van der Waals surface area contributed by atoms with Gasteiger partial charge in [-0.3, -0.25) is 4.98 Å². The van der Waals surface area contributed by atoms with Gasteiger partial charge in [0.1, 0.15) is 0 Å².